The zero-order chi connectivity index (χ0) is 29.0. The van der Waals surface area contributed by atoms with Crippen molar-refractivity contribution < 1.29 is 31.2 Å². The molecule has 0 bridgehead atoms. The molecule has 3 aromatic carbocycles. The lowest BCUT2D eigenvalue weighted by atomic mass is 10.1. The van der Waals surface area contributed by atoms with Gasteiger partial charge < -0.3 is 10.2 Å². The Kier molecular flexibility index (Phi) is 9.29. The molecule has 1 atom stereocenters. The standard InChI is InChI=1S/C27H27ClF3N3O4S/c1-18-7-13-24(14-8-18)39(37,38)34(23-6-4-5-21(15-23)27(29,30)31)17-25(35)33(19(2)26(36)32-3)16-20-9-11-22(28)12-10-20/h4-15,19H,16-17H2,1-3H3,(H,32,36). The number of carbonyl (C=O) groups is 2. The molecule has 0 fully saturated rings. The van der Waals surface area contributed by atoms with Crippen molar-refractivity contribution in [2.75, 3.05) is 17.9 Å². The van der Waals surface area contributed by atoms with Crippen LogP contribution in [0.15, 0.2) is 77.7 Å². The van der Waals surface area contributed by atoms with Gasteiger partial charge in [-0.1, -0.05) is 47.5 Å². The number of halogens is 4. The molecule has 0 aromatic heterocycles. The molecule has 208 valence electrons. The first-order valence-corrected chi connectivity index (χ1v) is 13.6. The molecule has 12 heteroatoms. The van der Waals surface area contributed by atoms with Gasteiger partial charge in [0.25, 0.3) is 10.0 Å². The summed E-state index contributed by atoms with van der Waals surface area (Å²) in [5.74, 6) is -1.31. The number of nitrogens with one attached hydrogen (secondary N) is 1. The summed E-state index contributed by atoms with van der Waals surface area (Å²) in [6.07, 6.45) is -4.74. The normalized spacial score (nSPS) is 12.5. The number of rotatable bonds is 9. The van der Waals surface area contributed by atoms with Gasteiger partial charge in [-0.25, -0.2) is 8.42 Å². The van der Waals surface area contributed by atoms with E-state index in [1.165, 1.54) is 32.2 Å². The number of hydrogen-bond donors (Lipinski definition) is 1. The summed E-state index contributed by atoms with van der Waals surface area (Å²) >= 11 is 5.95. The third-order valence-electron chi connectivity index (χ3n) is 6.03. The highest BCUT2D eigenvalue weighted by Crippen LogP contribution is 2.33. The lowest BCUT2D eigenvalue weighted by Crippen LogP contribution is -2.50. The van der Waals surface area contributed by atoms with E-state index in [9.17, 15) is 31.2 Å². The van der Waals surface area contributed by atoms with E-state index in [2.05, 4.69) is 5.32 Å². The van der Waals surface area contributed by atoms with E-state index < -0.39 is 46.2 Å². The number of amides is 2. The fraction of sp³-hybridized carbons (Fsp3) is 0.259. The second-order valence-corrected chi connectivity index (χ2v) is 11.1. The topological polar surface area (TPSA) is 86.8 Å². The lowest BCUT2D eigenvalue weighted by Gasteiger charge is -2.32. The predicted octanol–water partition coefficient (Wildman–Crippen LogP) is 5.03. The van der Waals surface area contributed by atoms with Gasteiger partial charge in [-0.05, 0) is 61.9 Å². The minimum atomic E-state index is -4.74. The molecule has 0 radical (unpaired) electrons. The number of anilines is 1. The number of nitrogens with zero attached hydrogens (tertiary/aromatic N) is 2. The van der Waals surface area contributed by atoms with Gasteiger partial charge in [0.2, 0.25) is 11.8 Å². The molecule has 1 N–H and O–H groups in total. The molecule has 0 spiro atoms. The van der Waals surface area contributed by atoms with Gasteiger partial charge in [-0.3, -0.25) is 13.9 Å². The Labute approximate surface area is 230 Å². The summed E-state index contributed by atoms with van der Waals surface area (Å²) < 4.78 is 68.5. The molecule has 0 aliphatic heterocycles. The monoisotopic (exact) mass is 581 g/mol. The minimum Gasteiger partial charge on any atom is -0.357 e. The molecule has 2 amide bonds. The van der Waals surface area contributed by atoms with Crippen LogP contribution in [0.1, 0.15) is 23.6 Å². The molecule has 0 saturated heterocycles. The van der Waals surface area contributed by atoms with E-state index in [1.54, 1.807) is 43.3 Å². The van der Waals surface area contributed by atoms with Crippen LogP contribution in [0.4, 0.5) is 18.9 Å². The average molecular weight is 582 g/mol. The highest BCUT2D eigenvalue weighted by atomic mass is 35.5. The van der Waals surface area contributed by atoms with Crippen molar-refractivity contribution in [2.24, 2.45) is 0 Å². The summed E-state index contributed by atoms with van der Waals surface area (Å²) in [5.41, 5.74) is -0.0502. The van der Waals surface area contributed by atoms with E-state index >= 15 is 0 Å². The maximum absolute atomic E-state index is 13.7. The van der Waals surface area contributed by atoms with Gasteiger partial charge in [-0.15, -0.1) is 0 Å². The Bertz CT molecular complexity index is 1430. The van der Waals surface area contributed by atoms with Gasteiger partial charge >= 0.3 is 6.18 Å². The molecule has 1 unspecified atom stereocenters. The van der Waals surface area contributed by atoms with Crippen LogP contribution in [0, 0.1) is 6.92 Å². The molecule has 0 aliphatic carbocycles. The van der Waals surface area contributed by atoms with Crippen molar-refractivity contribution in [3.63, 3.8) is 0 Å². The summed E-state index contributed by atoms with van der Waals surface area (Å²) in [6, 6.07) is 14.9. The smallest absolute Gasteiger partial charge is 0.357 e. The third-order valence-corrected chi connectivity index (χ3v) is 8.07. The summed E-state index contributed by atoms with van der Waals surface area (Å²) in [5, 5.41) is 2.91. The Balaban J connectivity index is 2.09. The fourth-order valence-corrected chi connectivity index (χ4v) is 5.31. The highest BCUT2D eigenvalue weighted by molar-refractivity contribution is 7.92. The summed E-state index contributed by atoms with van der Waals surface area (Å²) in [7, 11) is -3.10. The van der Waals surface area contributed by atoms with E-state index in [0.717, 1.165) is 22.6 Å². The van der Waals surface area contributed by atoms with Crippen molar-refractivity contribution in [3.05, 3.63) is 94.5 Å². The Morgan fingerprint density at radius 2 is 1.62 bits per heavy atom. The largest absolute Gasteiger partial charge is 0.416 e. The quantitative estimate of drug-likeness (QED) is 0.384. The summed E-state index contributed by atoms with van der Waals surface area (Å²) in [6.45, 7) is 2.28. The predicted molar refractivity (Wildman–Crippen MR) is 143 cm³/mol. The molecular formula is C27H27ClF3N3O4S. The minimum absolute atomic E-state index is 0.0778. The van der Waals surface area contributed by atoms with Crippen molar-refractivity contribution >= 4 is 39.1 Å². The van der Waals surface area contributed by atoms with Crippen LogP contribution in [-0.2, 0) is 32.3 Å². The molecule has 3 rings (SSSR count). The number of carbonyl (C=O) groups excluding carboxylic acids is 2. The summed E-state index contributed by atoms with van der Waals surface area (Å²) in [4.78, 5) is 27.1. The fourth-order valence-electron chi connectivity index (χ4n) is 3.78. The van der Waals surface area contributed by atoms with E-state index in [4.69, 9.17) is 11.6 Å². The maximum atomic E-state index is 13.7. The number of aryl methyl sites for hydroxylation is 1. The van der Waals surface area contributed by atoms with Gasteiger partial charge in [0.1, 0.15) is 12.6 Å². The molecule has 0 heterocycles. The number of hydrogen-bond acceptors (Lipinski definition) is 4. The molecule has 0 saturated carbocycles. The first kappa shape index (κ1) is 30.0. The molecule has 0 aliphatic rings. The zero-order valence-electron chi connectivity index (χ0n) is 21.4. The Morgan fingerprint density at radius 1 is 1.00 bits per heavy atom. The second-order valence-electron chi connectivity index (χ2n) is 8.81. The van der Waals surface area contributed by atoms with E-state index in [1.807, 2.05) is 0 Å². The molecule has 39 heavy (non-hydrogen) atoms. The van der Waals surface area contributed by atoms with Gasteiger partial charge in [0.15, 0.2) is 0 Å². The first-order chi connectivity index (χ1) is 18.2. The first-order valence-electron chi connectivity index (χ1n) is 11.8. The number of benzene rings is 3. The maximum Gasteiger partial charge on any atom is 0.416 e. The van der Waals surface area contributed by atoms with Crippen molar-refractivity contribution in [1.82, 2.24) is 10.2 Å². The van der Waals surface area contributed by atoms with Crippen LogP contribution in [-0.4, -0.2) is 44.8 Å². The van der Waals surface area contributed by atoms with Gasteiger partial charge in [-0.2, -0.15) is 13.2 Å². The van der Waals surface area contributed by atoms with Crippen LogP contribution in [0.5, 0.6) is 0 Å². The Hall–Kier alpha value is -3.57. The van der Waals surface area contributed by atoms with Gasteiger partial charge in [0, 0.05) is 18.6 Å². The number of alkyl halides is 3. The Morgan fingerprint density at radius 3 is 2.18 bits per heavy atom. The van der Waals surface area contributed by atoms with Crippen molar-refractivity contribution in [3.8, 4) is 0 Å². The van der Waals surface area contributed by atoms with Crippen LogP contribution in [0.25, 0.3) is 0 Å². The third kappa shape index (κ3) is 7.30. The highest BCUT2D eigenvalue weighted by Gasteiger charge is 2.35. The SMILES string of the molecule is CNC(=O)C(C)N(Cc1ccc(Cl)cc1)C(=O)CN(c1cccc(C(F)(F)F)c1)S(=O)(=O)c1ccc(C)cc1. The lowest BCUT2D eigenvalue weighted by molar-refractivity contribution is -0.139. The van der Waals surface area contributed by atoms with Crippen LogP contribution in [0.3, 0.4) is 0 Å². The molecule has 3 aromatic rings. The van der Waals surface area contributed by atoms with E-state index in [0.29, 0.717) is 21.0 Å². The second kappa shape index (κ2) is 12.1. The van der Waals surface area contributed by atoms with Crippen LogP contribution in [0.2, 0.25) is 5.02 Å². The van der Waals surface area contributed by atoms with Crippen molar-refractivity contribution in [1.29, 1.82) is 0 Å². The molecule has 7 nitrogen and oxygen atoms in total. The number of likely N-dealkylation sites (N-methyl/N-ethyl adjacent to an activating group) is 1. The zero-order valence-corrected chi connectivity index (χ0v) is 22.9. The van der Waals surface area contributed by atoms with Gasteiger partial charge in [0.05, 0.1) is 16.1 Å². The van der Waals surface area contributed by atoms with Crippen LogP contribution < -0.4 is 9.62 Å². The molecular weight excluding hydrogens is 555 g/mol. The van der Waals surface area contributed by atoms with Crippen LogP contribution >= 0.6 is 11.6 Å². The van der Waals surface area contributed by atoms with E-state index in [-0.39, 0.29) is 17.1 Å². The average Bonchev–Trinajstić information content (AvgIpc) is 2.90. The van der Waals surface area contributed by atoms with Crippen molar-refractivity contribution in [2.45, 2.75) is 37.5 Å². The number of sulfonamides is 1.